The quantitative estimate of drug-likeness (QED) is 0.452. The number of aldehydes is 1. The summed E-state index contributed by atoms with van der Waals surface area (Å²) in [6.07, 6.45) is 6.45. The van der Waals surface area contributed by atoms with Crippen LogP contribution in [0.15, 0.2) is 0 Å². The molecule has 0 aliphatic rings. The average molecular weight is 158 g/mol. The second kappa shape index (κ2) is 12.4. The van der Waals surface area contributed by atoms with Crippen molar-refractivity contribution in [1.29, 1.82) is 0 Å². The molecule has 0 heterocycles. The van der Waals surface area contributed by atoms with Gasteiger partial charge in [-0.1, -0.05) is 53.4 Å². The lowest BCUT2D eigenvalue weighted by Gasteiger charge is -1.86. The molecule has 0 aromatic heterocycles. The summed E-state index contributed by atoms with van der Waals surface area (Å²) in [7, 11) is 0. The predicted molar refractivity (Wildman–Crippen MR) is 50.7 cm³/mol. The largest absolute Gasteiger partial charge is 0.303 e. The van der Waals surface area contributed by atoms with Crippen LogP contribution in [0.5, 0.6) is 0 Å². The monoisotopic (exact) mass is 158 g/mol. The lowest BCUT2D eigenvalue weighted by Crippen LogP contribution is -1.82. The highest BCUT2D eigenvalue weighted by Gasteiger charge is 1.79. The second-order valence-corrected chi connectivity index (χ2v) is 3.09. The van der Waals surface area contributed by atoms with E-state index >= 15 is 0 Å². The van der Waals surface area contributed by atoms with Crippen molar-refractivity contribution in [3.8, 4) is 0 Å². The Balaban J connectivity index is 0. The number of hydrogen-bond donors (Lipinski definition) is 0. The van der Waals surface area contributed by atoms with E-state index in [-0.39, 0.29) is 5.92 Å². The molecule has 0 fully saturated rings. The first-order chi connectivity index (χ1) is 5.18. The van der Waals surface area contributed by atoms with Gasteiger partial charge in [-0.05, 0) is 0 Å². The molecule has 0 saturated carbocycles. The summed E-state index contributed by atoms with van der Waals surface area (Å²) < 4.78 is 0. The van der Waals surface area contributed by atoms with Crippen molar-refractivity contribution in [2.24, 2.45) is 5.92 Å². The molecule has 0 rings (SSSR count). The van der Waals surface area contributed by atoms with Gasteiger partial charge in [0.25, 0.3) is 0 Å². The molecule has 0 radical (unpaired) electrons. The summed E-state index contributed by atoms with van der Waals surface area (Å²) in [5.74, 6) is 0.204. The second-order valence-electron chi connectivity index (χ2n) is 3.09. The smallest absolute Gasteiger partial charge is 0.122 e. The number of unbranched alkanes of at least 4 members (excludes halogenated alkanes) is 3. The highest BCUT2D eigenvalue weighted by Crippen LogP contribution is 1.95. The normalized spacial score (nSPS) is 8.82. The molecule has 0 saturated heterocycles. The molecule has 68 valence electrons. The van der Waals surface area contributed by atoms with Crippen LogP contribution in [0.1, 0.15) is 53.4 Å². The van der Waals surface area contributed by atoms with Crippen LogP contribution in [-0.4, -0.2) is 6.29 Å². The third-order valence-electron chi connectivity index (χ3n) is 1.23. The Labute approximate surface area is 71.2 Å². The molecule has 11 heavy (non-hydrogen) atoms. The van der Waals surface area contributed by atoms with Gasteiger partial charge in [-0.15, -0.1) is 0 Å². The Morgan fingerprint density at radius 3 is 1.45 bits per heavy atom. The van der Waals surface area contributed by atoms with E-state index < -0.39 is 0 Å². The van der Waals surface area contributed by atoms with Gasteiger partial charge in [0.15, 0.2) is 0 Å². The van der Waals surface area contributed by atoms with Crippen molar-refractivity contribution in [1.82, 2.24) is 0 Å². The molecule has 0 spiro atoms. The summed E-state index contributed by atoms with van der Waals surface area (Å²) >= 11 is 0. The molecule has 0 bridgehead atoms. The van der Waals surface area contributed by atoms with Crippen LogP contribution in [0.3, 0.4) is 0 Å². The minimum atomic E-state index is 0.204. The Morgan fingerprint density at radius 2 is 1.36 bits per heavy atom. The van der Waals surface area contributed by atoms with Crippen molar-refractivity contribution in [2.75, 3.05) is 0 Å². The number of carbonyl (C=O) groups excluding carboxylic acids is 1. The first-order valence-corrected chi connectivity index (χ1v) is 4.64. The predicted octanol–water partition coefficient (Wildman–Crippen LogP) is 3.43. The SMILES string of the molecule is CC(C)C=O.CCCCCC. The van der Waals surface area contributed by atoms with Gasteiger partial charge in [-0.2, -0.15) is 0 Å². The molecule has 0 atom stereocenters. The van der Waals surface area contributed by atoms with Crippen molar-refractivity contribution >= 4 is 6.29 Å². The molecular weight excluding hydrogens is 136 g/mol. The summed E-state index contributed by atoms with van der Waals surface area (Å²) in [5.41, 5.74) is 0. The van der Waals surface area contributed by atoms with Crippen LogP contribution in [0, 0.1) is 5.92 Å². The van der Waals surface area contributed by atoms with Crippen molar-refractivity contribution < 1.29 is 4.79 Å². The fourth-order valence-corrected chi connectivity index (χ4v) is 0.500. The van der Waals surface area contributed by atoms with Crippen LogP contribution >= 0.6 is 0 Å². The summed E-state index contributed by atoms with van der Waals surface area (Å²) in [4.78, 5) is 9.50. The zero-order chi connectivity index (χ0) is 9.11. The Bertz CT molecular complexity index is 63.3. The van der Waals surface area contributed by atoms with Crippen LogP contribution < -0.4 is 0 Å². The maximum atomic E-state index is 9.50. The molecule has 0 aromatic carbocycles. The van der Waals surface area contributed by atoms with Crippen molar-refractivity contribution in [3.05, 3.63) is 0 Å². The standard InChI is InChI=1S/C6H14.C4H8O/c1-3-5-6-4-2;1-4(2)3-5/h3-6H2,1-2H3;3-4H,1-2H3. The van der Waals surface area contributed by atoms with E-state index in [9.17, 15) is 4.79 Å². The fraction of sp³-hybridized carbons (Fsp3) is 0.900. The summed E-state index contributed by atoms with van der Waals surface area (Å²) in [6, 6.07) is 0. The van der Waals surface area contributed by atoms with Crippen molar-refractivity contribution in [3.63, 3.8) is 0 Å². The van der Waals surface area contributed by atoms with E-state index in [1.54, 1.807) is 0 Å². The van der Waals surface area contributed by atoms with Crippen LogP contribution in [0.4, 0.5) is 0 Å². The zero-order valence-electron chi connectivity index (χ0n) is 8.39. The van der Waals surface area contributed by atoms with Crippen LogP contribution in [0.2, 0.25) is 0 Å². The first-order valence-electron chi connectivity index (χ1n) is 4.64. The van der Waals surface area contributed by atoms with Gasteiger partial charge in [0.2, 0.25) is 0 Å². The van der Waals surface area contributed by atoms with E-state index in [4.69, 9.17) is 0 Å². The minimum absolute atomic E-state index is 0.204. The van der Waals surface area contributed by atoms with Gasteiger partial charge in [-0.25, -0.2) is 0 Å². The third-order valence-corrected chi connectivity index (χ3v) is 1.23. The topological polar surface area (TPSA) is 17.1 Å². The lowest BCUT2D eigenvalue weighted by atomic mass is 10.2. The number of rotatable bonds is 4. The molecule has 1 nitrogen and oxygen atoms in total. The highest BCUT2D eigenvalue weighted by atomic mass is 16.1. The van der Waals surface area contributed by atoms with Gasteiger partial charge in [0.05, 0.1) is 0 Å². The van der Waals surface area contributed by atoms with Gasteiger partial charge >= 0.3 is 0 Å². The van der Waals surface area contributed by atoms with Gasteiger partial charge in [-0.3, -0.25) is 0 Å². The van der Waals surface area contributed by atoms with Crippen LogP contribution in [-0.2, 0) is 4.79 Å². The van der Waals surface area contributed by atoms with E-state index in [1.807, 2.05) is 13.8 Å². The van der Waals surface area contributed by atoms with E-state index in [2.05, 4.69) is 13.8 Å². The Morgan fingerprint density at radius 1 is 1.09 bits per heavy atom. The molecule has 0 aliphatic carbocycles. The lowest BCUT2D eigenvalue weighted by molar-refractivity contribution is -0.110. The fourth-order valence-electron chi connectivity index (χ4n) is 0.500. The average Bonchev–Trinajstić information content (AvgIpc) is 2.02. The van der Waals surface area contributed by atoms with Crippen molar-refractivity contribution in [2.45, 2.75) is 53.4 Å². The maximum absolute atomic E-state index is 9.50. The van der Waals surface area contributed by atoms with E-state index in [0.717, 1.165) is 6.29 Å². The molecule has 0 aromatic rings. The summed E-state index contributed by atoms with van der Waals surface area (Å²) in [6.45, 7) is 8.17. The van der Waals surface area contributed by atoms with E-state index in [0.29, 0.717) is 0 Å². The molecule has 0 aliphatic heterocycles. The maximum Gasteiger partial charge on any atom is 0.122 e. The summed E-state index contributed by atoms with van der Waals surface area (Å²) in [5, 5.41) is 0. The minimum Gasteiger partial charge on any atom is -0.303 e. The Kier molecular flexibility index (Phi) is 14.9. The molecule has 0 unspecified atom stereocenters. The Hall–Kier alpha value is -0.330. The number of carbonyl (C=O) groups is 1. The van der Waals surface area contributed by atoms with Gasteiger partial charge in [0, 0.05) is 5.92 Å². The molecule has 0 N–H and O–H groups in total. The first kappa shape index (κ1) is 13.3. The molecular formula is C10H22O. The highest BCUT2D eigenvalue weighted by molar-refractivity contribution is 5.51. The number of hydrogen-bond acceptors (Lipinski definition) is 1. The van der Waals surface area contributed by atoms with E-state index in [1.165, 1.54) is 25.7 Å². The van der Waals surface area contributed by atoms with Gasteiger partial charge < -0.3 is 4.79 Å². The van der Waals surface area contributed by atoms with Gasteiger partial charge in [0.1, 0.15) is 6.29 Å². The molecule has 1 heteroatoms. The van der Waals surface area contributed by atoms with Crippen LogP contribution in [0.25, 0.3) is 0 Å². The third kappa shape index (κ3) is 26.1. The molecule has 0 amide bonds. The zero-order valence-corrected chi connectivity index (χ0v) is 8.39.